The number of carbonyl (C=O) groups excluding carboxylic acids is 3. The van der Waals surface area contributed by atoms with Crippen molar-refractivity contribution in [3.63, 3.8) is 0 Å². The number of hydrogen-bond donors (Lipinski definition) is 3. The second-order valence-corrected chi connectivity index (χ2v) is 22.1. The number of amides is 3. The molecule has 6 heterocycles. The molecule has 2 fully saturated rings. The van der Waals surface area contributed by atoms with E-state index in [0.29, 0.717) is 92.8 Å². The van der Waals surface area contributed by atoms with Gasteiger partial charge in [0.15, 0.2) is 23.0 Å². The maximum absolute atomic E-state index is 13.4. The minimum absolute atomic E-state index is 0.00607. The number of ether oxygens (including phenoxy) is 7. The van der Waals surface area contributed by atoms with Gasteiger partial charge in [-0.15, -0.1) is 0 Å². The molecule has 4 aliphatic heterocycles. The molecule has 0 atom stereocenters. The van der Waals surface area contributed by atoms with E-state index in [1.807, 2.05) is 86.3 Å². The van der Waals surface area contributed by atoms with E-state index in [1.54, 1.807) is 41.6 Å². The standard InChI is InChI=1S/C34H42N4O7.C29H34N4O5/c1-34(2,3)45-33(41)38(22-23-5-9-29-30(19-23)44-18-17-43-29)25-11-13-36(14-12-25)15-16-37-28-21-26(42-4)7-8-27(28)24(20-32(37)40)6-10-31(35)39;1-36-23-4-5-24-21(3-7-28(30)34)17-29(35)33(25(24)18-23)13-12-32-10-8-22(9-11-32)31-19-20-2-6-26-27(16-20)38-15-14-37-26/h5-10,19-21,25H,11-18,22H2,1-4H3,(H2,35,39);2-7,16-18,22,31H,8-15,19H2,1H3,(H2,30,34)/b10-6+;7-3+. The van der Waals surface area contributed by atoms with Crippen molar-refractivity contribution in [1.29, 1.82) is 0 Å². The number of methoxy groups -OCH3 is 2. The molecule has 2 saturated heterocycles. The zero-order valence-electron chi connectivity index (χ0n) is 48.1. The average molecular weight is 1140 g/mol. The van der Waals surface area contributed by atoms with Gasteiger partial charge in [0, 0.05) is 112 Å². The molecular formula is C63H76N8O12. The Bertz CT molecular complexity index is 3480. The largest absolute Gasteiger partial charge is 0.497 e. The van der Waals surface area contributed by atoms with Crippen molar-refractivity contribution < 1.29 is 47.5 Å². The summed E-state index contributed by atoms with van der Waals surface area (Å²) in [6.45, 7) is 15.0. The number of nitrogens with two attached hydrogens (primary N) is 2. The van der Waals surface area contributed by atoms with Gasteiger partial charge in [-0.25, -0.2) is 4.79 Å². The van der Waals surface area contributed by atoms with Crippen LogP contribution >= 0.6 is 0 Å². The first-order chi connectivity index (χ1) is 40.0. The van der Waals surface area contributed by atoms with Crippen molar-refractivity contribution in [2.24, 2.45) is 11.5 Å². The van der Waals surface area contributed by atoms with Gasteiger partial charge >= 0.3 is 6.09 Å². The van der Waals surface area contributed by atoms with Crippen LogP contribution in [-0.2, 0) is 40.5 Å². The topological polar surface area (TPSA) is 234 Å². The fourth-order valence-corrected chi connectivity index (χ4v) is 10.9. The molecule has 0 radical (unpaired) electrons. The lowest BCUT2D eigenvalue weighted by Crippen LogP contribution is -2.49. The van der Waals surface area contributed by atoms with Gasteiger partial charge < -0.3 is 73.8 Å². The zero-order chi connectivity index (χ0) is 58.6. The van der Waals surface area contributed by atoms with Crippen LogP contribution in [0.4, 0.5) is 4.79 Å². The Morgan fingerprint density at radius 3 is 1.53 bits per heavy atom. The molecular weight excluding hydrogens is 1060 g/mol. The van der Waals surface area contributed by atoms with E-state index in [0.717, 1.165) is 104 Å². The van der Waals surface area contributed by atoms with Gasteiger partial charge in [-0.1, -0.05) is 12.1 Å². The summed E-state index contributed by atoms with van der Waals surface area (Å²) in [6, 6.07) is 26.6. The van der Waals surface area contributed by atoms with E-state index in [2.05, 4.69) is 27.2 Å². The van der Waals surface area contributed by atoms with E-state index >= 15 is 0 Å². The number of rotatable bonds is 18. The summed E-state index contributed by atoms with van der Waals surface area (Å²) < 4.78 is 42.9. The first-order valence-corrected chi connectivity index (χ1v) is 28.3. The summed E-state index contributed by atoms with van der Waals surface area (Å²) in [7, 11) is 3.19. The lowest BCUT2D eigenvalue weighted by molar-refractivity contribution is -0.114. The van der Waals surface area contributed by atoms with Gasteiger partial charge in [0.2, 0.25) is 11.8 Å². The number of likely N-dealkylation sites (tertiary alicyclic amines) is 2. The molecule has 0 spiro atoms. The molecule has 4 aromatic carbocycles. The maximum atomic E-state index is 13.4. The van der Waals surface area contributed by atoms with Gasteiger partial charge in [-0.3, -0.25) is 19.2 Å². The Kier molecular flexibility index (Phi) is 19.4. The number of carbonyl (C=O) groups is 3. The fraction of sp³-hybridized carbons (Fsp3) is 0.413. The van der Waals surface area contributed by atoms with E-state index in [-0.39, 0.29) is 23.3 Å². The number of nitrogens with one attached hydrogen (secondary N) is 1. The number of aromatic nitrogens is 2. The Morgan fingerprint density at radius 1 is 0.602 bits per heavy atom. The smallest absolute Gasteiger partial charge is 0.410 e. The van der Waals surface area contributed by atoms with Crippen LogP contribution in [0.3, 0.4) is 0 Å². The molecule has 0 unspecified atom stereocenters. The molecule has 10 rings (SSSR count). The predicted octanol–water partition coefficient (Wildman–Crippen LogP) is 6.72. The van der Waals surface area contributed by atoms with Crippen molar-refractivity contribution in [2.75, 3.05) is 79.9 Å². The number of hydrogen-bond acceptors (Lipinski definition) is 15. The molecule has 83 heavy (non-hydrogen) atoms. The van der Waals surface area contributed by atoms with Crippen LogP contribution in [0.15, 0.2) is 107 Å². The Labute approximate surface area is 483 Å². The third kappa shape index (κ3) is 15.6. The normalized spacial score (nSPS) is 16.0. The average Bonchev–Trinajstić information content (AvgIpc) is 3.68. The monoisotopic (exact) mass is 1140 g/mol. The molecule has 2 aromatic heterocycles. The summed E-state index contributed by atoms with van der Waals surface area (Å²) in [6.07, 6.45) is 8.97. The number of pyridine rings is 2. The van der Waals surface area contributed by atoms with Crippen LogP contribution in [0.25, 0.3) is 34.0 Å². The number of primary amides is 2. The Morgan fingerprint density at radius 2 is 1.06 bits per heavy atom. The Hall–Kier alpha value is -8.33. The number of nitrogens with zero attached hydrogens (tertiary/aromatic N) is 5. The third-order valence-corrected chi connectivity index (χ3v) is 15.2. The first-order valence-electron chi connectivity index (χ1n) is 28.3. The second-order valence-electron chi connectivity index (χ2n) is 22.1. The van der Waals surface area contributed by atoms with E-state index in [4.69, 9.17) is 44.6 Å². The molecule has 20 heteroatoms. The van der Waals surface area contributed by atoms with Crippen LogP contribution in [0.1, 0.15) is 68.7 Å². The van der Waals surface area contributed by atoms with Crippen molar-refractivity contribution >= 4 is 51.9 Å². The highest BCUT2D eigenvalue weighted by atomic mass is 16.6. The maximum Gasteiger partial charge on any atom is 0.410 e. The Balaban J connectivity index is 0.000000202. The summed E-state index contributed by atoms with van der Waals surface area (Å²) in [4.78, 5) is 68.8. The van der Waals surface area contributed by atoms with Gasteiger partial charge in [0.1, 0.15) is 43.5 Å². The molecule has 0 aliphatic carbocycles. The lowest BCUT2D eigenvalue weighted by atomic mass is 10.0. The van der Waals surface area contributed by atoms with Gasteiger partial charge in [-0.2, -0.15) is 0 Å². The van der Waals surface area contributed by atoms with Crippen LogP contribution in [0, 0.1) is 0 Å². The summed E-state index contributed by atoms with van der Waals surface area (Å²) in [5.41, 5.74) is 14.5. The van der Waals surface area contributed by atoms with E-state index < -0.39 is 17.4 Å². The molecule has 0 saturated carbocycles. The minimum atomic E-state index is -0.618. The summed E-state index contributed by atoms with van der Waals surface area (Å²) in [5.74, 6) is 3.21. The molecule has 4 aliphatic rings. The molecule has 5 N–H and O–H groups in total. The minimum Gasteiger partial charge on any atom is -0.497 e. The first kappa shape index (κ1) is 59.3. The summed E-state index contributed by atoms with van der Waals surface area (Å²) >= 11 is 0. The molecule has 6 aromatic rings. The van der Waals surface area contributed by atoms with Crippen molar-refractivity contribution in [2.45, 2.75) is 90.3 Å². The molecule has 440 valence electrons. The highest BCUT2D eigenvalue weighted by Gasteiger charge is 2.32. The second kappa shape index (κ2) is 27.2. The predicted molar refractivity (Wildman–Crippen MR) is 318 cm³/mol. The van der Waals surface area contributed by atoms with Crippen molar-refractivity contribution in [1.82, 2.24) is 29.2 Å². The van der Waals surface area contributed by atoms with Crippen molar-refractivity contribution in [3.8, 4) is 34.5 Å². The quantitative estimate of drug-likeness (QED) is 0.0759. The van der Waals surface area contributed by atoms with Crippen LogP contribution < -0.4 is 56.3 Å². The number of benzene rings is 4. The lowest BCUT2D eigenvalue weighted by Gasteiger charge is -2.39. The van der Waals surface area contributed by atoms with Gasteiger partial charge in [0.25, 0.3) is 11.1 Å². The van der Waals surface area contributed by atoms with Crippen LogP contribution in [-0.4, -0.2) is 139 Å². The van der Waals surface area contributed by atoms with Crippen molar-refractivity contribution in [3.05, 3.63) is 140 Å². The number of piperidine rings is 2. The zero-order valence-corrected chi connectivity index (χ0v) is 48.1. The van der Waals surface area contributed by atoms with Crippen LogP contribution in [0.5, 0.6) is 34.5 Å². The highest BCUT2D eigenvalue weighted by Crippen LogP contribution is 2.34. The molecule has 20 nitrogen and oxygen atoms in total. The SMILES string of the molecule is COc1ccc2c(/C=C/C(N)=O)cc(=O)n(CCN3CCC(N(Cc4ccc5c(c4)OCCO5)C(=O)OC(C)(C)C)CC3)c2c1.COc1ccc2c(/C=C/C(N)=O)cc(=O)n(CCN3CCC(NCc4ccc5c(c4)OCCO5)CC3)c2c1. The molecule has 0 bridgehead atoms. The van der Waals surface area contributed by atoms with Crippen LogP contribution in [0.2, 0.25) is 0 Å². The number of fused-ring (bicyclic) bond motifs is 4. The van der Waals surface area contributed by atoms with Gasteiger partial charge in [0.05, 0.1) is 25.3 Å². The van der Waals surface area contributed by atoms with Gasteiger partial charge in [-0.05, 0) is 142 Å². The van der Waals surface area contributed by atoms with E-state index in [9.17, 15) is 24.0 Å². The molecule has 3 amide bonds. The summed E-state index contributed by atoms with van der Waals surface area (Å²) in [5, 5.41) is 5.36. The van der Waals surface area contributed by atoms with E-state index in [1.165, 1.54) is 23.8 Å². The highest BCUT2D eigenvalue weighted by molar-refractivity contribution is 5.96. The third-order valence-electron chi connectivity index (χ3n) is 15.2. The fourth-order valence-electron chi connectivity index (χ4n) is 10.9.